The van der Waals surface area contributed by atoms with Crippen LogP contribution in [0.2, 0.25) is 0 Å². The van der Waals surface area contributed by atoms with Gasteiger partial charge in [0.2, 0.25) is 0 Å². The van der Waals surface area contributed by atoms with Crippen LogP contribution in [-0.2, 0) is 22.4 Å². The van der Waals surface area contributed by atoms with Crippen LogP contribution < -0.4 is 4.74 Å². The molecule has 0 amide bonds. The Morgan fingerprint density at radius 1 is 1.25 bits per heavy atom. The van der Waals surface area contributed by atoms with Gasteiger partial charge in [-0.05, 0) is 80.0 Å². The molecule has 0 fully saturated rings. The van der Waals surface area contributed by atoms with E-state index in [0.29, 0.717) is 0 Å². The van der Waals surface area contributed by atoms with Crippen molar-refractivity contribution in [3.63, 3.8) is 0 Å². The maximum atomic E-state index is 12.1. The summed E-state index contributed by atoms with van der Waals surface area (Å²) in [7, 11) is 0. The van der Waals surface area contributed by atoms with E-state index in [-0.39, 0.29) is 6.10 Å². The van der Waals surface area contributed by atoms with Crippen LogP contribution in [0.4, 0.5) is 0 Å². The van der Waals surface area contributed by atoms with Crippen LogP contribution in [-0.4, -0.2) is 23.8 Å². The van der Waals surface area contributed by atoms with Crippen LogP contribution in [0, 0.1) is 6.92 Å². The number of fused-ring (bicyclic) bond motifs is 1. The first-order valence-corrected chi connectivity index (χ1v) is 10.2. The van der Waals surface area contributed by atoms with E-state index in [2.05, 4.69) is 25.1 Å². The lowest BCUT2D eigenvalue weighted by Gasteiger charge is -2.25. The summed E-state index contributed by atoms with van der Waals surface area (Å²) in [5.41, 5.74) is 6.11. The van der Waals surface area contributed by atoms with E-state index in [4.69, 9.17) is 9.47 Å². The molecular formula is C24H30O4. The number of ether oxygens (including phenoxy) is 2. The Bertz CT molecular complexity index is 854. The van der Waals surface area contributed by atoms with E-state index in [9.17, 15) is 9.90 Å². The van der Waals surface area contributed by atoms with Gasteiger partial charge in [-0.2, -0.15) is 0 Å². The number of hydrogen-bond donors (Lipinski definition) is 1. The molecule has 0 aromatic heterocycles. The average Bonchev–Trinajstić information content (AvgIpc) is 2.67. The van der Waals surface area contributed by atoms with Crippen molar-refractivity contribution < 1.29 is 19.4 Å². The Morgan fingerprint density at radius 3 is 2.71 bits per heavy atom. The molecule has 4 heteroatoms. The molecule has 1 heterocycles. The van der Waals surface area contributed by atoms with Crippen molar-refractivity contribution in [2.24, 2.45) is 0 Å². The van der Waals surface area contributed by atoms with Crippen molar-refractivity contribution in [1.82, 2.24) is 0 Å². The molecule has 4 nitrogen and oxygen atoms in total. The summed E-state index contributed by atoms with van der Waals surface area (Å²) in [6.45, 7) is 8.61. The standard InChI is InChI=1S/C24H30O4/c1-5-7-17-10-9-16(4)21(23(24(25)26)28-15(2)3)22(17)19-11-12-20-18(14-19)8-6-13-27-20/h9-12,14-15,23H,5-8,13H2,1-4H3,(H,25,26). The smallest absolute Gasteiger partial charge is 0.337 e. The fourth-order valence-corrected chi connectivity index (χ4v) is 3.96. The third kappa shape index (κ3) is 4.22. The molecule has 2 aromatic carbocycles. The number of carbonyl (C=O) groups is 1. The zero-order chi connectivity index (χ0) is 20.3. The third-order valence-electron chi connectivity index (χ3n) is 5.16. The molecule has 1 N–H and O–H groups in total. The average molecular weight is 383 g/mol. The van der Waals surface area contributed by atoms with Gasteiger partial charge in [-0.1, -0.05) is 31.5 Å². The molecule has 1 atom stereocenters. The van der Waals surface area contributed by atoms with Gasteiger partial charge in [-0.15, -0.1) is 0 Å². The van der Waals surface area contributed by atoms with Crippen molar-refractivity contribution in [2.45, 2.75) is 65.6 Å². The van der Waals surface area contributed by atoms with Gasteiger partial charge in [-0.25, -0.2) is 4.79 Å². The molecule has 2 aromatic rings. The lowest BCUT2D eigenvalue weighted by Crippen LogP contribution is -2.21. The van der Waals surface area contributed by atoms with Crippen LogP contribution >= 0.6 is 0 Å². The highest BCUT2D eigenvalue weighted by Gasteiger charge is 2.29. The van der Waals surface area contributed by atoms with E-state index in [1.165, 1.54) is 11.1 Å². The highest BCUT2D eigenvalue weighted by atomic mass is 16.5. The Kier molecular flexibility index (Phi) is 6.40. The van der Waals surface area contributed by atoms with Gasteiger partial charge in [0.15, 0.2) is 6.10 Å². The first-order chi connectivity index (χ1) is 13.4. The lowest BCUT2D eigenvalue weighted by molar-refractivity contribution is -0.153. The lowest BCUT2D eigenvalue weighted by atomic mass is 9.85. The molecule has 1 unspecified atom stereocenters. The minimum absolute atomic E-state index is 0.180. The SMILES string of the molecule is CCCc1ccc(C)c(C(OC(C)C)C(=O)O)c1-c1ccc2c(c1)CCCO2. The van der Waals surface area contributed by atoms with E-state index in [1.807, 2.05) is 32.9 Å². The molecule has 150 valence electrons. The highest BCUT2D eigenvalue weighted by Crippen LogP contribution is 2.39. The van der Waals surface area contributed by atoms with E-state index in [1.54, 1.807) is 0 Å². The van der Waals surface area contributed by atoms with Crippen molar-refractivity contribution in [1.29, 1.82) is 0 Å². The topological polar surface area (TPSA) is 55.8 Å². The fourth-order valence-electron chi connectivity index (χ4n) is 3.96. The van der Waals surface area contributed by atoms with Crippen LogP contribution in [0.15, 0.2) is 30.3 Å². The zero-order valence-electron chi connectivity index (χ0n) is 17.2. The number of carboxylic acid groups (broad SMARTS) is 1. The highest BCUT2D eigenvalue weighted by molar-refractivity contribution is 5.83. The predicted molar refractivity (Wildman–Crippen MR) is 111 cm³/mol. The predicted octanol–water partition coefficient (Wildman–Crippen LogP) is 5.49. The van der Waals surface area contributed by atoms with Gasteiger partial charge in [0.05, 0.1) is 12.7 Å². The molecule has 0 saturated carbocycles. The molecule has 3 rings (SSSR count). The van der Waals surface area contributed by atoms with Crippen LogP contribution in [0.25, 0.3) is 11.1 Å². The second kappa shape index (κ2) is 8.78. The van der Waals surface area contributed by atoms with E-state index in [0.717, 1.165) is 60.3 Å². The van der Waals surface area contributed by atoms with Gasteiger partial charge in [0.25, 0.3) is 0 Å². The number of benzene rings is 2. The van der Waals surface area contributed by atoms with Gasteiger partial charge >= 0.3 is 5.97 Å². The fraction of sp³-hybridized carbons (Fsp3) is 0.458. The van der Waals surface area contributed by atoms with Crippen LogP contribution in [0.1, 0.15) is 62.0 Å². The van der Waals surface area contributed by atoms with Gasteiger partial charge in [0, 0.05) is 5.56 Å². The van der Waals surface area contributed by atoms with Crippen LogP contribution in [0.5, 0.6) is 5.75 Å². The Labute approximate surface area is 167 Å². The van der Waals surface area contributed by atoms with Crippen molar-refractivity contribution in [3.8, 4) is 16.9 Å². The molecule has 0 radical (unpaired) electrons. The summed E-state index contributed by atoms with van der Waals surface area (Å²) in [4.78, 5) is 12.1. The van der Waals surface area contributed by atoms with Gasteiger partial charge in [-0.3, -0.25) is 0 Å². The second-order valence-electron chi connectivity index (χ2n) is 7.76. The zero-order valence-corrected chi connectivity index (χ0v) is 17.2. The first-order valence-electron chi connectivity index (χ1n) is 10.2. The number of aryl methyl sites for hydroxylation is 3. The van der Waals surface area contributed by atoms with Crippen molar-refractivity contribution in [2.75, 3.05) is 6.61 Å². The Balaban J connectivity index is 2.22. The minimum atomic E-state index is -0.987. The number of carboxylic acids is 1. The second-order valence-corrected chi connectivity index (χ2v) is 7.76. The van der Waals surface area contributed by atoms with Crippen molar-refractivity contribution >= 4 is 5.97 Å². The first kappa shape index (κ1) is 20.4. The minimum Gasteiger partial charge on any atom is -0.493 e. The summed E-state index contributed by atoms with van der Waals surface area (Å²) in [5, 5.41) is 9.94. The maximum Gasteiger partial charge on any atom is 0.337 e. The van der Waals surface area contributed by atoms with E-state index >= 15 is 0 Å². The molecule has 0 saturated heterocycles. The van der Waals surface area contributed by atoms with Crippen LogP contribution in [0.3, 0.4) is 0 Å². The Hall–Kier alpha value is -2.33. The van der Waals surface area contributed by atoms with E-state index < -0.39 is 12.1 Å². The molecule has 1 aliphatic heterocycles. The molecular weight excluding hydrogens is 352 g/mol. The number of aliphatic carboxylic acids is 1. The largest absolute Gasteiger partial charge is 0.493 e. The molecule has 0 aliphatic carbocycles. The van der Waals surface area contributed by atoms with Gasteiger partial charge in [0.1, 0.15) is 5.75 Å². The molecule has 0 bridgehead atoms. The van der Waals surface area contributed by atoms with Crippen molar-refractivity contribution in [3.05, 3.63) is 52.6 Å². The summed E-state index contributed by atoms with van der Waals surface area (Å²) in [5.74, 6) is -0.0116. The van der Waals surface area contributed by atoms with Gasteiger partial charge < -0.3 is 14.6 Å². The molecule has 28 heavy (non-hydrogen) atoms. The third-order valence-corrected chi connectivity index (χ3v) is 5.16. The quantitative estimate of drug-likeness (QED) is 0.688. The Morgan fingerprint density at radius 2 is 2.04 bits per heavy atom. The summed E-state index contributed by atoms with van der Waals surface area (Å²) in [6.07, 6.45) is 2.71. The maximum absolute atomic E-state index is 12.1. The molecule has 0 spiro atoms. The number of hydrogen-bond acceptors (Lipinski definition) is 3. The summed E-state index contributed by atoms with van der Waals surface area (Å²) < 4.78 is 11.6. The normalized spacial score (nSPS) is 14.5. The number of rotatable bonds is 7. The monoisotopic (exact) mass is 382 g/mol. The summed E-state index contributed by atoms with van der Waals surface area (Å²) in [6, 6.07) is 10.4. The molecule has 1 aliphatic rings. The summed E-state index contributed by atoms with van der Waals surface area (Å²) >= 11 is 0.